The maximum atomic E-state index is 12.4. The van der Waals surface area contributed by atoms with Crippen LogP contribution in [-0.4, -0.2) is 36.3 Å². The van der Waals surface area contributed by atoms with Crippen molar-refractivity contribution >= 4 is 62.3 Å². The van der Waals surface area contributed by atoms with E-state index in [1.54, 1.807) is 49.2 Å². The van der Waals surface area contributed by atoms with Gasteiger partial charge in [-0.2, -0.15) is 0 Å². The first-order chi connectivity index (χ1) is 12.3. The third kappa shape index (κ3) is 5.71. The summed E-state index contributed by atoms with van der Waals surface area (Å²) in [6.45, 7) is 1.73. The largest absolute Gasteiger partial charge is 0.325 e. The number of carbonyl (C=O) groups excluding carboxylic acids is 2. The summed E-state index contributed by atoms with van der Waals surface area (Å²) in [5.74, 6) is -0.529. The van der Waals surface area contributed by atoms with E-state index < -0.39 is 6.04 Å². The van der Waals surface area contributed by atoms with Crippen LogP contribution in [0.2, 0.25) is 10.0 Å². The van der Waals surface area contributed by atoms with Crippen LogP contribution in [0.1, 0.15) is 6.92 Å². The van der Waals surface area contributed by atoms with E-state index >= 15 is 0 Å². The zero-order valence-corrected chi connectivity index (χ0v) is 17.3. The predicted molar refractivity (Wildman–Crippen MR) is 110 cm³/mol. The quantitative estimate of drug-likeness (QED) is 0.662. The van der Waals surface area contributed by atoms with Gasteiger partial charge in [0.05, 0.1) is 28.3 Å². The van der Waals surface area contributed by atoms with E-state index in [4.69, 9.17) is 23.2 Å². The lowest BCUT2D eigenvalue weighted by atomic mass is 10.2. The molecule has 5 nitrogen and oxygen atoms in total. The normalized spacial score (nSPS) is 11.9. The van der Waals surface area contributed by atoms with Gasteiger partial charge in [0.1, 0.15) is 0 Å². The monoisotopic (exact) mass is 457 g/mol. The van der Waals surface area contributed by atoms with Gasteiger partial charge in [0.25, 0.3) is 0 Å². The van der Waals surface area contributed by atoms with Crippen LogP contribution in [0.3, 0.4) is 0 Å². The average molecular weight is 459 g/mol. The zero-order valence-electron chi connectivity index (χ0n) is 14.2. The number of carbonyl (C=O) groups is 2. The van der Waals surface area contributed by atoms with Gasteiger partial charge in [-0.05, 0) is 44.3 Å². The maximum absolute atomic E-state index is 12.4. The molecule has 2 rings (SSSR count). The molecule has 0 heterocycles. The van der Waals surface area contributed by atoms with Gasteiger partial charge < -0.3 is 10.6 Å². The Hall–Kier alpha value is -1.60. The van der Waals surface area contributed by atoms with Gasteiger partial charge in [0, 0.05) is 10.2 Å². The summed E-state index contributed by atoms with van der Waals surface area (Å²) in [4.78, 5) is 26.3. The van der Waals surface area contributed by atoms with E-state index in [0.717, 1.165) is 4.47 Å². The molecule has 0 saturated heterocycles. The van der Waals surface area contributed by atoms with Gasteiger partial charge in [-0.15, -0.1) is 0 Å². The van der Waals surface area contributed by atoms with Crippen LogP contribution in [0, 0.1) is 0 Å². The van der Waals surface area contributed by atoms with Crippen molar-refractivity contribution in [2.45, 2.75) is 13.0 Å². The van der Waals surface area contributed by atoms with Gasteiger partial charge in [-0.3, -0.25) is 14.5 Å². The third-order valence-corrected chi connectivity index (χ3v) is 4.88. The average Bonchev–Trinajstić information content (AvgIpc) is 2.57. The smallest absolute Gasteiger partial charge is 0.241 e. The Morgan fingerprint density at radius 2 is 1.73 bits per heavy atom. The van der Waals surface area contributed by atoms with Crippen LogP contribution < -0.4 is 10.6 Å². The number of rotatable bonds is 6. The summed E-state index contributed by atoms with van der Waals surface area (Å²) in [7, 11) is 1.69. The molecule has 0 aliphatic carbocycles. The van der Waals surface area contributed by atoms with Crippen molar-refractivity contribution in [2.75, 3.05) is 24.2 Å². The van der Waals surface area contributed by atoms with E-state index in [-0.39, 0.29) is 18.4 Å². The minimum atomic E-state index is -0.513. The molecule has 26 heavy (non-hydrogen) atoms. The van der Waals surface area contributed by atoms with Gasteiger partial charge in [0.2, 0.25) is 11.8 Å². The highest BCUT2D eigenvalue weighted by Gasteiger charge is 2.21. The SMILES string of the molecule is CC(C(=O)Nc1cccc(Br)c1)N(C)CC(=O)Nc1c(Cl)cccc1Cl. The molecule has 0 aliphatic heterocycles. The number of amides is 2. The molecule has 8 heteroatoms. The second-order valence-corrected chi connectivity index (χ2v) is 7.47. The van der Waals surface area contributed by atoms with Crippen LogP contribution >= 0.6 is 39.1 Å². The molecule has 0 aromatic heterocycles. The van der Waals surface area contributed by atoms with Crippen LogP contribution in [-0.2, 0) is 9.59 Å². The number of nitrogens with zero attached hydrogens (tertiary/aromatic N) is 1. The summed E-state index contributed by atoms with van der Waals surface area (Å²) >= 11 is 15.4. The molecule has 2 aromatic carbocycles. The number of hydrogen-bond acceptors (Lipinski definition) is 3. The molecular formula is C18H18BrCl2N3O2. The number of para-hydroxylation sites is 1. The fourth-order valence-corrected chi connectivity index (χ4v) is 3.06. The zero-order chi connectivity index (χ0) is 19.3. The van der Waals surface area contributed by atoms with E-state index in [1.165, 1.54) is 0 Å². The standard InChI is InChI=1S/C18H18BrCl2N3O2/c1-11(18(26)22-13-6-3-5-12(19)9-13)24(2)10-16(25)23-17-14(20)7-4-8-15(17)21/h3-9,11H,10H2,1-2H3,(H,22,26)(H,23,25). The summed E-state index contributed by atoms with van der Waals surface area (Å²) in [5.41, 5.74) is 1.04. The summed E-state index contributed by atoms with van der Waals surface area (Å²) in [5, 5.41) is 6.21. The highest BCUT2D eigenvalue weighted by atomic mass is 79.9. The number of hydrogen-bond donors (Lipinski definition) is 2. The van der Waals surface area contributed by atoms with E-state index in [1.807, 2.05) is 12.1 Å². The van der Waals surface area contributed by atoms with Crippen LogP contribution in [0.25, 0.3) is 0 Å². The topological polar surface area (TPSA) is 61.4 Å². The molecule has 1 atom stereocenters. The number of halogens is 3. The molecule has 0 radical (unpaired) electrons. The Bertz CT molecular complexity index is 797. The lowest BCUT2D eigenvalue weighted by molar-refractivity contribution is -0.122. The lowest BCUT2D eigenvalue weighted by Crippen LogP contribution is -2.43. The minimum Gasteiger partial charge on any atom is -0.325 e. The first-order valence-electron chi connectivity index (χ1n) is 7.78. The fraction of sp³-hybridized carbons (Fsp3) is 0.222. The van der Waals surface area contributed by atoms with Gasteiger partial charge in [-0.25, -0.2) is 0 Å². The number of nitrogens with one attached hydrogen (secondary N) is 2. The molecule has 0 bridgehead atoms. The second kappa shape index (κ2) is 9.37. The van der Waals surface area contributed by atoms with Crippen molar-refractivity contribution in [2.24, 2.45) is 0 Å². The van der Waals surface area contributed by atoms with Gasteiger partial charge in [0.15, 0.2) is 0 Å². The molecular weight excluding hydrogens is 441 g/mol. The van der Waals surface area contributed by atoms with Crippen LogP contribution in [0.4, 0.5) is 11.4 Å². The predicted octanol–water partition coefficient (Wildman–Crippen LogP) is 4.65. The lowest BCUT2D eigenvalue weighted by Gasteiger charge is -2.23. The third-order valence-electron chi connectivity index (χ3n) is 3.75. The summed E-state index contributed by atoms with van der Waals surface area (Å²) < 4.78 is 0.868. The van der Waals surface area contributed by atoms with Crippen LogP contribution in [0.15, 0.2) is 46.9 Å². The Morgan fingerprint density at radius 1 is 1.12 bits per heavy atom. The molecule has 0 fully saturated rings. The Kier molecular flexibility index (Phi) is 7.46. The van der Waals surface area contributed by atoms with Crippen molar-refractivity contribution in [3.8, 4) is 0 Å². The molecule has 1 unspecified atom stereocenters. The molecule has 0 aliphatic rings. The molecule has 0 saturated carbocycles. The molecule has 0 spiro atoms. The number of anilines is 2. The molecule has 138 valence electrons. The fourth-order valence-electron chi connectivity index (χ4n) is 2.17. The minimum absolute atomic E-state index is 0.00855. The first-order valence-corrected chi connectivity index (χ1v) is 9.33. The van der Waals surface area contributed by atoms with E-state index in [0.29, 0.717) is 21.4 Å². The maximum Gasteiger partial charge on any atom is 0.241 e. The second-order valence-electron chi connectivity index (χ2n) is 5.74. The first kappa shape index (κ1) is 20.7. The van der Waals surface area contributed by atoms with Gasteiger partial charge in [-0.1, -0.05) is 51.3 Å². The molecule has 2 amide bonds. The Labute approximate surface area is 170 Å². The highest BCUT2D eigenvalue weighted by molar-refractivity contribution is 9.10. The van der Waals surface area contributed by atoms with Crippen molar-refractivity contribution in [1.29, 1.82) is 0 Å². The number of likely N-dealkylation sites (N-methyl/N-ethyl adjacent to an activating group) is 1. The van der Waals surface area contributed by atoms with Crippen molar-refractivity contribution in [3.63, 3.8) is 0 Å². The Morgan fingerprint density at radius 3 is 2.35 bits per heavy atom. The van der Waals surface area contributed by atoms with Gasteiger partial charge >= 0.3 is 0 Å². The van der Waals surface area contributed by atoms with Crippen molar-refractivity contribution < 1.29 is 9.59 Å². The number of benzene rings is 2. The van der Waals surface area contributed by atoms with Crippen molar-refractivity contribution in [3.05, 3.63) is 57.0 Å². The Balaban J connectivity index is 1.94. The molecule has 2 N–H and O–H groups in total. The highest BCUT2D eigenvalue weighted by Crippen LogP contribution is 2.29. The van der Waals surface area contributed by atoms with E-state index in [2.05, 4.69) is 26.6 Å². The summed E-state index contributed by atoms with van der Waals surface area (Å²) in [6, 6.07) is 11.8. The summed E-state index contributed by atoms with van der Waals surface area (Å²) in [6.07, 6.45) is 0. The van der Waals surface area contributed by atoms with Crippen molar-refractivity contribution in [1.82, 2.24) is 4.90 Å². The van der Waals surface area contributed by atoms with Crippen LogP contribution in [0.5, 0.6) is 0 Å². The molecule has 2 aromatic rings. The van der Waals surface area contributed by atoms with E-state index in [9.17, 15) is 9.59 Å².